The third kappa shape index (κ3) is 8.43. The molecule has 0 fully saturated rings. The van der Waals surface area contributed by atoms with Crippen LogP contribution in [0.1, 0.15) is 46.5 Å². The third-order valence-electron chi connectivity index (χ3n) is 9.30. The molecule has 53 heavy (non-hydrogen) atoms. The highest BCUT2D eigenvalue weighted by Crippen LogP contribution is 2.40. The first kappa shape index (κ1) is 36.5. The van der Waals surface area contributed by atoms with Gasteiger partial charge in [-0.1, -0.05) is 152 Å². The van der Waals surface area contributed by atoms with Gasteiger partial charge in [0.1, 0.15) is 12.1 Å². The molecule has 2 N–H and O–H groups in total. The van der Waals surface area contributed by atoms with E-state index in [1.54, 1.807) is 6.33 Å². The maximum Gasteiger partial charge on any atom is 0.408 e. The van der Waals surface area contributed by atoms with Gasteiger partial charge in [0.05, 0.1) is 25.2 Å². The number of benzene rings is 5. The number of ketones is 1. The molecular weight excluding hydrogens is 665 g/mol. The second-order valence-electron chi connectivity index (χ2n) is 12.7. The molecule has 9 nitrogen and oxygen atoms in total. The van der Waals surface area contributed by atoms with Gasteiger partial charge >= 0.3 is 12.1 Å². The van der Waals surface area contributed by atoms with Crippen LogP contribution in [0, 0.1) is 0 Å². The predicted octanol–water partition coefficient (Wildman–Crippen LogP) is 7.02. The van der Waals surface area contributed by atoms with Gasteiger partial charge < -0.3 is 19.4 Å². The van der Waals surface area contributed by atoms with Gasteiger partial charge in [-0.05, 0) is 34.7 Å². The monoisotopic (exact) mass is 706 g/mol. The minimum Gasteiger partial charge on any atom is -0.468 e. The smallest absolute Gasteiger partial charge is 0.408 e. The molecule has 1 aromatic heterocycles. The van der Waals surface area contributed by atoms with Crippen molar-refractivity contribution < 1.29 is 23.9 Å². The standard InChI is InChI=1S/C44H42N4O5/c1-32(34-20-10-4-11-21-34)46-40(42(50)52-2)41(49)39(47-43(51)53-30-33-18-8-3-9-19-33)28-38-29-48(31-45-38)44(35-22-12-5-13-23-35,36-24-14-6-15-25-36)37-26-16-7-17-27-37/h3-27,29,31-32,39-40,46H,28,30H2,1-2H3,(H,47,51)/t32-,39-,40?/m0/s1. The normalized spacial score (nSPS) is 12.9. The fourth-order valence-electron chi connectivity index (χ4n) is 6.65. The zero-order valence-corrected chi connectivity index (χ0v) is 29.7. The molecule has 0 aliphatic carbocycles. The van der Waals surface area contributed by atoms with Gasteiger partial charge in [-0.15, -0.1) is 0 Å². The maximum absolute atomic E-state index is 14.4. The molecule has 0 radical (unpaired) electrons. The first-order chi connectivity index (χ1) is 25.9. The number of amides is 1. The molecule has 6 rings (SSSR count). The number of alkyl carbamates (subject to hydrolysis) is 1. The molecule has 1 unspecified atom stereocenters. The quantitative estimate of drug-likeness (QED) is 0.0671. The number of nitrogens with one attached hydrogen (secondary N) is 2. The lowest BCUT2D eigenvalue weighted by Crippen LogP contribution is -2.54. The largest absolute Gasteiger partial charge is 0.468 e. The van der Waals surface area contributed by atoms with Crippen LogP contribution >= 0.6 is 0 Å². The van der Waals surface area contributed by atoms with E-state index in [1.807, 2.05) is 133 Å². The minimum atomic E-state index is -1.39. The van der Waals surface area contributed by atoms with Gasteiger partial charge in [0.25, 0.3) is 0 Å². The van der Waals surface area contributed by atoms with Crippen LogP contribution < -0.4 is 10.6 Å². The minimum absolute atomic E-state index is 0.000318. The molecule has 268 valence electrons. The highest BCUT2D eigenvalue weighted by molar-refractivity contribution is 6.06. The molecule has 0 aliphatic heterocycles. The molecule has 3 atom stereocenters. The number of esters is 1. The number of imidazole rings is 1. The number of carbonyl (C=O) groups excluding carboxylic acids is 3. The van der Waals surface area contributed by atoms with Crippen LogP contribution in [0.2, 0.25) is 0 Å². The van der Waals surface area contributed by atoms with Gasteiger partial charge in [-0.25, -0.2) is 14.6 Å². The highest BCUT2D eigenvalue weighted by Gasteiger charge is 2.40. The topological polar surface area (TPSA) is 112 Å². The second-order valence-corrected chi connectivity index (χ2v) is 12.7. The average Bonchev–Trinajstić information content (AvgIpc) is 3.69. The average molecular weight is 707 g/mol. The van der Waals surface area contributed by atoms with Gasteiger partial charge in [-0.2, -0.15) is 0 Å². The fourth-order valence-corrected chi connectivity index (χ4v) is 6.65. The van der Waals surface area contributed by atoms with Crippen LogP contribution in [-0.2, 0) is 37.6 Å². The van der Waals surface area contributed by atoms with Crippen molar-refractivity contribution in [1.82, 2.24) is 20.2 Å². The Hall–Kier alpha value is -6.32. The van der Waals surface area contributed by atoms with Gasteiger partial charge in [0, 0.05) is 18.7 Å². The van der Waals surface area contributed by atoms with Crippen LogP contribution in [-0.4, -0.2) is 46.6 Å². The van der Waals surface area contributed by atoms with Crippen molar-refractivity contribution in [2.45, 2.75) is 43.6 Å². The SMILES string of the molecule is COC(=O)C(N[C@@H](C)c1ccccc1)C(=O)[C@H](Cc1cn(C(c2ccccc2)(c2ccccc2)c2ccccc2)cn1)NC(=O)OCc1ccccc1. The first-order valence-electron chi connectivity index (χ1n) is 17.5. The number of hydrogen-bond donors (Lipinski definition) is 2. The van der Waals surface area contributed by atoms with Crippen molar-refractivity contribution in [1.29, 1.82) is 0 Å². The van der Waals surface area contributed by atoms with E-state index in [0.29, 0.717) is 5.69 Å². The first-order valence-corrected chi connectivity index (χ1v) is 17.5. The molecule has 5 aromatic carbocycles. The number of rotatable bonds is 15. The van der Waals surface area contributed by atoms with Crippen LogP contribution in [0.15, 0.2) is 164 Å². The summed E-state index contributed by atoms with van der Waals surface area (Å²) < 4.78 is 12.7. The molecule has 1 heterocycles. The summed E-state index contributed by atoms with van der Waals surface area (Å²) in [6.45, 7) is 1.85. The number of ether oxygens (including phenoxy) is 2. The van der Waals surface area contributed by atoms with Crippen molar-refractivity contribution >= 4 is 17.8 Å². The lowest BCUT2D eigenvalue weighted by molar-refractivity contribution is -0.147. The molecule has 0 saturated heterocycles. The van der Waals surface area contributed by atoms with Gasteiger partial charge in [0.2, 0.25) is 0 Å². The summed E-state index contributed by atoms with van der Waals surface area (Å²) in [4.78, 5) is 45.7. The van der Waals surface area contributed by atoms with Crippen molar-refractivity contribution in [3.63, 3.8) is 0 Å². The number of carbonyl (C=O) groups is 3. The van der Waals surface area contributed by atoms with Crippen LogP contribution in [0.5, 0.6) is 0 Å². The number of aromatic nitrogens is 2. The fraction of sp³-hybridized carbons (Fsp3) is 0.182. The van der Waals surface area contributed by atoms with Crippen molar-refractivity contribution in [3.05, 3.63) is 198 Å². The number of nitrogens with zero attached hydrogens (tertiary/aromatic N) is 2. The zero-order chi connectivity index (χ0) is 37.0. The van der Waals surface area contributed by atoms with E-state index < -0.39 is 41.5 Å². The predicted molar refractivity (Wildman–Crippen MR) is 203 cm³/mol. The summed E-state index contributed by atoms with van der Waals surface area (Å²) >= 11 is 0. The number of hydrogen-bond acceptors (Lipinski definition) is 7. The van der Waals surface area contributed by atoms with E-state index in [9.17, 15) is 14.4 Å². The molecule has 6 aromatic rings. The van der Waals surface area contributed by atoms with E-state index in [4.69, 9.17) is 14.5 Å². The molecule has 0 bridgehead atoms. The lowest BCUT2D eigenvalue weighted by atomic mass is 9.77. The summed E-state index contributed by atoms with van der Waals surface area (Å²) in [5.41, 5.74) is 4.34. The Morgan fingerprint density at radius 1 is 0.717 bits per heavy atom. The van der Waals surface area contributed by atoms with Crippen molar-refractivity contribution in [3.8, 4) is 0 Å². The van der Waals surface area contributed by atoms with Crippen LogP contribution in [0.4, 0.5) is 4.79 Å². The number of methoxy groups -OCH3 is 1. The molecule has 0 spiro atoms. The highest BCUT2D eigenvalue weighted by atomic mass is 16.5. The zero-order valence-electron chi connectivity index (χ0n) is 29.7. The molecule has 1 amide bonds. The van der Waals surface area contributed by atoms with E-state index in [2.05, 4.69) is 47.0 Å². The van der Waals surface area contributed by atoms with E-state index in [0.717, 1.165) is 27.8 Å². The van der Waals surface area contributed by atoms with Gasteiger partial charge in [-0.3, -0.25) is 10.1 Å². The summed E-state index contributed by atoms with van der Waals surface area (Å²) in [5, 5.41) is 5.88. The van der Waals surface area contributed by atoms with E-state index >= 15 is 0 Å². The van der Waals surface area contributed by atoms with Crippen LogP contribution in [0.25, 0.3) is 0 Å². The lowest BCUT2D eigenvalue weighted by Gasteiger charge is -2.37. The Bertz CT molecular complexity index is 1980. The van der Waals surface area contributed by atoms with E-state index in [1.165, 1.54) is 7.11 Å². The summed E-state index contributed by atoms with van der Waals surface area (Å²) in [6, 6.07) is 46.1. The number of Topliss-reactive ketones (excluding diaryl/α,β-unsaturated/α-hetero) is 1. The molecule has 0 saturated carbocycles. The summed E-state index contributed by atoms with van der Waals surface area (Å²) in [7, 11) is 1.23. The Morgan fingerprint density at radius 3 is 1.72 bits per heavy atom. The Morgan fingerprint density at radius 2 is 1.21 bits per heavy atom. The Kier molecular flexibility index (Phi) is 11.9. The second kappa shape index (κ2) is 17.3. The molecule has 0 aliphatic rings. The summed E-state index contributed by atoms with van der Waals surface area (Å²) in [6.07, 6.45) is 2.79. The summed E-state index contributed by atoms with van der Waals surface area (Å²) in [5.74, 6) is -1.37. The maximum atomic E-state index is 14.4. The molecular formula is C44H42N4O5. The molecule has 9 heteroatoms. The van der Waals surface area contributed by atoms with E-state index in [-0.39, 0.29) is 13.0 Å². The Balaban J connectivity index is 1.37. The van der Waals surface area contributed by atoms with Crippen LogP contribution in [0.3, 0.4) is 0 Å². The van der Waals surface area contributed by atoms with Crippen molar-refractivity contribution in [2.24, 2.45) is 0 Å². The van der Waals surface area contributed by atoms with Gasteiger partial charge in [0.15, 0.2) is 11.8 Å². The Labute approximate surface area is 309 Å². The van der Waals surface area contributed by atoms with Crippen molar-refractivity contribution in [2.75, 3.05) is 7.11 Å². The third-order valence-corrected chi connectivity index (χ3v) is 9.30.